The molecule has 1 aliphatic rings. The summed E-state index contributed by atoms with van der Waals surface area (Å²) in [4.78, 5) is 12.8. The number of nitrogens with one attached hydrogen (secondary N) is 1. The summed E-state index contributed by atoms with van der Waals surface area (Å²) < 4.78 is 39.9. The van der Waals surface area contributed by atoms with Gasteiger partial charge in [0.15, 0.2) is 0 Å². The molecular weight excluding hydrogens is 422 g/mol. The molecule has 0 unspecified atom stereocenters. The van der Waals surface area contributed by atoms with Crippen molar-refractivity contribution in [2.75, 3.05) is 20.3 Å². The maximum atomic E-state index is 13.3. The van der Waals surface area contributed by atoms with Gasteiger partial charge in [0.1, 0.15) is 17.3 Å². The van der Waals surface area contributed by atoms with E-state index in [2.05, 4.69) is 15.6 Å². The minimum Gasteiger partial charge on any atom is -0.467 e. The lowest BCUT2D eigenvalue weighted by Gasteiger charge is -2.23. The maximum Gasteiger partial charge on any atom is 0.243 e. The monoisotopic (exact) mass is 447 g/mol. The van der Waals surface area contributed by atoms with Gasteiger partial charge in [0.25, 0.3) is 0 Å². The Morgan fingerprint density at radius 1 is 1.35 bits per heavy atom. The molecule has 4 rings (SSSR count). The van der Waals surface area contributed by atoms with Crippen LogP contribution in [0.15, 0.2) is 45.9 Å². The predicted molar refractivity (Wildman–Crippen MR) is 111 cm³/mol. The average Bonchev–Trinajstić information content (AvgIpc) is 3.52. The number of carbonyl (C=O) groups excluding carboxylic acids is 1. The van der Waals surface area contributed by atoms with E-state index in [0.717, 1.165) is 11.9 Å². The number of aryl methyl sites for hydroxylation is 1. The molecule has 1 aliphatic heterocycles. The van der Waals surface area contributed by atoms with E-state index in [4.69, 9.17) is 9.15 Å². The number of sulfonamides is 1. The highest BCUT2D eigenvalue weighted by atomic mass is 32.2. The number of benzene rings is 1. The fourth-order valence-electron chi connectivity index (χ4n) is 3.77. The standard InChI is InChI=1S/C20H25N5O5S/c1-29-11-4-9-24-18-8-7-16(13-17(18)22-23-24)31(27,28)25-10-2-6-19(25)20(26)21-14-15-5-3-12-30-15/h3,5,7-8,12-13,19H,2,4,6,9-11,14H2,1H3,(H,21,26)/t19-/m0/s1. The summed E-state index contributed by atoms with van der Waals surface area (Å²) in [5, 5.41) is 11.0. The molecule has 3 aromatic rings. The number of ether oxygens (including phenoxy) is 1. The number of nitrogens with zero attached hydrogens (tertiary/aromatic N) is 4. The Bertz CT molecular complexity index is 1140. The van der Waals surface area contributed by atoms with E-state index >= 15 is 0 Å². The van der Waals surface area contributed by atoms with Crippen LogP contribution in [0, 0.1) is 0 Å². The topological polar surface area (TPSA) is 120 Å². The highest BCUT2D eigenvalue weighted by molar-refractivity contribution is 7.89. The molecule has 1 amide bonds. The number of methoxy groups -OCH3 is 1. The van der Waals surface area contributed by atoms with Crippen LogP contribution in [0.2, 0.25) is 0 Å². The van der Waals surface area contributed by atoms with Gasteiger partial charge in [0, 0.05) is 26.8 Å². The summed E-state index contributed by atoms with van der Waals surface area (Å²) in [7, 11) is -2.22. The van der Waals surface area contributed by atoms with E-state index < -0.39 is 16.1 Å². The SMILES string of the molecule is COCCCn1nnc2cc(S(=O)(=O)N3CCC[C@H]3C(=O)NCc3ccco3)ccc21. The number of amides is 1. The molecule has 0 bridgehead atoms. The second-order valence-electron chi connectivity index (χ2n) is 7.38. The number of aromatic nitrogens is 3. The number of hydrogen-bond acceptors (Lipinski definition) is 7. The molecule has 2 aromatic heterocycles. The van der Waals surface area contributed by atoms with Crippen molar-refractivity contribution in [1.29, 1.82) is 0 Å². The lowest BCUT2D eigenvalue weighted by molar-refractivity contribution is -0.124. The highest BCUT2D eigenvalue weighted by Crippen LogP contribution is 2.28. The zero-order valence-corrected chi connectivity index (χ0v) is 18.0. The summed E-state index contributed by atoms with van der Waals surface area (Å²) in [6.45, 7) is 1.74. The average molecular weight is 448 g/mol. The van der Waals surface area contributed by atoms with Crippen molar-refractivity contribution < 1.29 is 22.4 Å². The second kappa shape index (κ2) is 9.16. The number of carbonyl (C=O) groups is 1. The molecule has 31 heavy (non-hydrogen) atoms. The molecule has 166 valence electrons. The maximum absolute atomic E-state index is 13.3. The normalized spacial score (nSPS) is 17.4. The van der Waals surface area contributed by atoms with Crippen LogP contribution in [0.25, 0.3) is 11.0 Å². The van der Waals surface area contributed by atoms with E-state index in [9.17, 15) is 13.2 Å². The van der Waals surface area contributed by atoms with Crippen molar-refractivity contribution in [3.8, 4) is 0 Å². The molecule has 1 saturated heterocycles. The van der Waals surface area contributed by atoms with Gasteiger partial charge in [-0.3, -0.25) is 4.79 Å². The van der Waals surface area contributed by atoms with Crippen LogP contribution < -0.4 is 5.32 Å². The molecule has 0 radical (unpaired) electrons. The first-order chi connectivity index (χ1) is 15.0. The summed E-state index contributed by atoms with van der Waals surface area (Å²) in [5.74, 6) is 0.280. The Morgan fingerprint density at radius 2 is 2.23 bits per heavy atom. The molecule has 11 heteroatoms. The first-order valence-corrected chi connectivity index (χ1v) is 11.6. The van der Waals surface area contributed by atoms with Gasteiger partial charge in [0.2, 0.25) is 15.9 Å². The van der Waals surface area contributed by atoms with Crippen molar-refractivity contribution in [3.05, 3.63) is 42.4 Å². The summed E-state index contributed by atoms with van der Waals surface area (Å²) >= 11 is 0. The zero-order valence-electron chi connectivity index (χ0n) is 17.2. The van der Waals surface area contributed by atoms with Gasteiger partial charge in [0.05, 0.1) is 23.2 Å². The minimum atomic E-state index is -3.86. The molecule has 10 nitrogen and oxygen atoms in total. The fraction of sp³-hybridized carbons (Fsp3) is 0.450. The molecule has 0 spiro atoms. The van der Waals surface area contributed by atoms with Gasteiger partial charge in [-0.15, -0.1) is 5.10 Å². The van der Waals surface area contributed by atoms with E-state index in [-0.39, 0.29) is 17.3 Å². The summed E-state index contributed by atoms with van der Waals surface area (Å²) in [6.07, 6.45) is 3.40. The molecule has 0 aliphatic carbocycles. The largest absolute Gasteiger partial charge is 0.467 e. The van der Waals surface area contributed by atoms with Crippen LogP contribution in [-0.2, 0) is 32.6 Å². The first-order valence-electron chi connectivity index (χ1n) is 10.1. The smallest absolute Gasteiger partial charge is 0.243 e. The molecule has 1 fully saturated rings. The van der Waals surface area contributed by atoms with Crippen molar-refractivity contribution >= 4 is 27.0 Å². The van der Waals surface area contributed by atoms with Crippen LogP contribution in [0.4, 0.5) is 0 Å². The second-order valence-corrected chi connectivity index (χ2v) is 9.27. The number of rotatable bonds is 9. The Hall–Kier alpha value is -2.76. The molecular formula is C20H25N5O5S. The molecule has 0 saturated carbocycles. The highest BCUT2D eigenvalue weighted by Gasteiger charge is 2.39. The number of hydrogen-bond donors (Lipinski definition) is 1. The Kier molecular flexibility index (Phi) is 6.35. The van der Waals surface area contributed by atoms with Crippen LogP contribution in [0.5, 0.6) is 0 Å². The van der Waals surface area contributed by atoms with Gasteiger partial charge < -0.3 is 14.5 Å². The third-order valence-corrected chi connectivity index (χ3v) is 7.24. The molecule has 1 aromatic carbocycles. The van der Waals surface area contributed by atoms with Crippen LogP contribution in [0.3, 0.4) is 0 Å². The number of furan rings is 1. The van der Waals surface area contributed by atoms with Crippen molar-refractivity contribution in [2.45, 2.75) is 43.3 Å². The Labute approximate surface area is 180 Å². The van der Waals surface area contributed by atoms with E-state index in [0.29, 0.717) is 43.8 Å². The van der Waals surface area contributed by atoms with Gasteiger partial charge in [-0.25, -0.2) is 13.1 Å². The predicted octanol–water partition coefficient (Wildman–Crippen LogP) is 1.53. The number of fused-ring (bicyclic) bond motifs is 1. The van der Waals surface area contributed by atoms with Gasteiger partial charge in [-0.1, -0.05) is 5.21 Å². The van der Waals surface area contributed by atoms with Crippen molar-refractivity contribution in [1.82, 2.24) is 24.6 Å². The third kappa shape index (κ3) is 4.48. The quantitative estimate of drug-likeness (QED) is 0.494. The van der Waals surface area contributed by atoms with Gasteiger partial charge in [-0.2, -0.15) is 4.31 Å². The third-order valence-electron chi connectivity index (χ3n) is 5.33. The van der Waals surface area contributed by atoms with E-state index in [1.807, 2.05) is 0 Å². The molecule has 3 heterocycles. The summed E-state index contributed by atoms with van der Waals surface area (Å²) in [6, 6.07) is 7.50. The lowest BCUT2D eigenvalue weighted by atomic mass is 10.2. The first kappa shape index (κ1) is 21.5. The zero-order chi connectivity index (χ0) is 21.8. The van der Waals surface area contributed by atoms with Crippen LogP contribution >= 0.6 is 0 Å². The summed E-state index contributed by atoms with van der Waals surface area (Å²) in [5.41, 5.74) is 1.25. The fourth-order valence-corrected chi connectivity index (χ4v) is 5.44. The lowest BCUT2D eigenvalue weighted by Crippen LogP contribution is -2.45. The van der Waals surface area contributed by atoms with Gasteiger partial charge in [-0.05, 0) is 49.6 Å². The van der Waals surface area contributed by atoms with Crippen molar-refractivity contribution in [2.24, 2.45) is 0 Å². The van der Waals surface area contributed by atoms with E-state index in [1.54, 1.807) is 36.1 Å². The Balaban J connectivity index is 1.51. The van der Waals surface area contributed by atoms with E-state index in [1.165, 1.54) is 16.6 Å². The minimum absolute atomic E-state index is 0.106. The van der Waals surface area contributed by atoms with Crippen molar-refractivity contribution in [3.63, 3.8) is 0 Å². The molecule has 1 atom stereocenters. The molecule has 1 N–H and O–H groups in total. The van der Waals surface area contributed by atoms with Gasteiger partial charge >= 0.3 is 0 Å². The van der Waals surface area contributed by atoms with Crippen LogP contribution in [0.1, 0.15) is 25.0 Å². The Morgan fingerprint density at radius 3 is 3.00 bits per heavy atom. The van der Waals surface area contributed by atoms with Crippen LogP contribution in [-0.4, -0.2) is 59.9 Å².